The summed E-state index contributed by atoms with van der Waals surface area (Å²) >= 11 is 1.52. The number of nitrogens with one attached hydrogen (secondary N) is 2. The van der Waals surface area contributed by atoms with Crippen LogP contribution in [-0.2, 0) is 20.8 Å². The number of nitrogens with zero attached hydrogens (tertiary/aromatic N) is 5. The normalized spacial score (nSPS) is 22.9. The molecule has 0 bridgehead atoms. The van der Waals surface area contributed by atoms with Crippen molar-refractivity contribution in [3.63, 3.8) is 0 Å². The minimum absolute atomic E-state index is 0.00174. The van der Waals surface area contributed by atoms with E-state index in [1.165, 1.54) is 31.3 Å². The van der Waals surface area contributed by atoms with Crippen LogP contribution >= 0.6 is 11.8 Å². The highest BCUT2D eigenvalue weighted by Gasteiger charge is 2.44. The van der Waals surface area contributed by atoms with Crippen LogP contribution in [0.1, 0.15) is 29.1 Å². The minimum Gasteiger partial charge on any atom is -0.387 e. The number of hydrogen-bond donors (Lipinski definition) is 4. The lowest BCUT2D eigenvalue weighted by Crippen LogP contribution is -2.40. The molecule has 2 aliphatic rings. The maximum atomic E-state index is 12.7. The average molecular weight is 572 g/mol. The van der Waals surface area contributed by atoms with Crippen molar-refractivity contribution in [1.82, 2.24) is 29.7 Å². The number of rotatable bonds is 10. The van der Waals surface area contributed by atoms with Crippen LogP contribution < -0.4 is 10.6 Å². The number of aromatic nitrogens is 4. The molecular weight excluding hydrogens is 538 g/mol. The van der Waals surface area contributed by atoms with Gasteiger partial charge in [-0.15, -0.1) is 0 Å². The zero-order valence-electron chi connectivity index (χ0n) is 22.1. The van der Waals surface area contributed by atoms with Crippen molar-refractivity contribution in [3.8, 4) is 0 Å². The third kappa shape index (κ3) is 6.36. The summed E-state index contributed by atoms with van der Waals surface area (Å²) < 4.78 is 12.9. The molecule has 0 radical (unpaired) electrons. The number of ether oxygens (including phenoxy) is 2. The van der Waals surface area contributed by atoms with E-state index in [-0.39, 0.29) is 11.8 Å². The lowest BCUT2D eigenvalue weighted by Gasteiger charge is -2.26. The first-order valence-electron chi connectivity index (χ1n) is 13.1. The predicted molar refractivity (Wildman–Crippen MR) is 148 cm³/mol. The van der Waals surface area contributed by atoms with E-state index in [0.717, 1.165) is 5.56 Å². The van der Waals surface area contributed by atoms with Gasteiger partial charge in [-0.1, -0.05) is 12.1 Å². The summed E-state index contributed by atoms with van der Waals surface area (Å²) in [5.74, 6) is 1.54. The number of aliphatic hydroxyl groups is 2. The summed E-state index contributed by atoms with van der Waals surface area (Å²) in [5.41, 5.74) is 2.55. The maximum Gasteiger partial charge on any atom is 0.254 e. The molecule has 14 heteroatoms. The molecule has 13 nitrogen and oxygen atoms in total. The molecule has 0 saturated carbocycles. The number of morpholine rings is 1. The topological polar surface area (TPSA) is 164 Å². The monoisotopic (exact) mass is 571 g/mol. The standard InChI is InChI=1S/C26H33N7O6S/c1-16(34)27-6-11-40-13-19-21(35)22(36)26(39-19)33-15-31-20-23(29-14-30-24(20)33)28-12-17-2-4-18(5-3-17)25(37)32-7-9-38-10-8-32/h2-5,14-15,19,21-22,26,35-36H,6-13H2,1H3,(H,27,34)(H,28,29,30)/t19-,21-,22-,26-/m1/s1. The first kappa shape index (κ1) is 28.2. The number of aliphatic hydroxyl groups excluding tert-OH is 2. The second-order valence-corrected chi connectivity index (χ2v) is 10.8. The highest BCUT2D eigenvalue weighted by Crippen LogP contribution is 2.33. The summed E-state index contributed by atoms with van der Waals surface area (Å²) in [6.07, 6.45) is -0.766. The SMILES string of the molecule is CC(=O)NCCSC[C@H]1O[C@@H](n2cnc3c(NCc4ccc(C(=O)N5CCOCC5)cc4)ncnc32)[C@H](O)[C@@H]1O. The van der Waals surface area contributed by atoms with Gasteiger partial charge in [0, 0.05) is 50.2 Å². The third-order valence-corrected chi connectivity index (χ3v) is 7.89. The van der Waals surface area contributed by atoms with Crippen molar-refractivity contribution in [3.05, 3.63) is 48.0 Å². The Bertz CT molecular complexity index is 1320. The van der Waals surface area contributed by atoms with E-state index in [4.69, 9.17) is 9.47 Å². The molecule has 0 aliphatic carbocycles. The van der Waals surface area contributed by atoms with Crippen LogP contribution in [0.5, 0.6) is 0 Å². The van der Waals surface area contributed by atoms with Gasteiger partial charge in [0.15, 0.2) is 23.2 Å². The van der Waals surface area contributed by atoms with Crippen molar-refractivity contribution in [2.24, 2.45) is 0 Å². The molecule has 4 N–H and O–H groups in total. The molecule has 3 aromatic rings. The van der Waals surface area contributed by atoms with Gasteiger partial charge in [0.1, 0.15) is 18.5 Å². The van der Waals surface area contributed by atoms with Crippen molar-refractivity contribution in [2.75, 3.05) is 49.7 Å². The molecule has 4 heterocycles. The van der Waals surface area contributed by atoms with Crippen LogP contribution in [0.4, 0.5) is 5.82 Å². The Morgan fingerprint density at radius 2 is 1.88 bits per heavy atom. The first-order chi connectivity index (χ1) is 19.4. The molecule has 2 fully saturated rings. The van der Waals surface area contributed by atoms with Gasteiger partial charge in [0.25, 0.3) is 5.91 Å². The molecule has 5 rings (SSSR count). The smallest absolute Gasteiger partial charge is 0.254 e. The predicted octanol–water partition coefficient (Wildman–Crippen LogP) is 0.399. The number of amides is 2. The molecular formula is C26H33N7O6S. The molecule has 2 aromatic heterocycles. The van der Waals surface area contributed by atoms with Crippen molar-refractivity contribution < 1.29 is 29.3 Å². The van der Waals surface area contributed by atoms with Crippen molar-refractivity contribution in [1.29, 1.82) is 0 Å². The summed E-state index contributed by atoms with van der Waals surface area (Å²) in [6.45, 7) is 4.74. The number of imidazole rings is 1. The largest absolute Gasteiger partial charge is 0.387 e. The highest BCUT2D eigenvalue weighted by atomic mass is 32.2. The van der Waals surface area contributed by atoms with E-state index in [0.29, 0.717) is 73.4 Å². The van der Waals surface area contributed by atoms with Gasteiger partial charge in [-0.25, -0.2) is 15.0 Å². The van der Waals surface area contributed by atoms with E-state index < -0.39 is 24.5 Å². The lowest BCUT2D eigenvalue weighted by atomic mass is 10.1. The van der Waals surface area contributed by atoms with Crippen molar-refractivity contribution in [2.45, 2.75) is 38.0 Å². The number of benzene rings is 1. The zero-order chi connectivity index (χ0) is 28.1. The van der Waals surface area contributed by atoms with E-state index in [2.05, 4.69) is 25.6 Å². The molecule has 1 aromatic carbocycles. The van der Waals surface area contributed by atoms with Crippen LogP contribution in [0.2, 0.25) is 0 Å². The minimum atomic E-state index is -1.16. The maximum absolute atomic E-state index is 12.7. The number of hydrogen-bond acceptors (Lipinski definition) is 11. The first-order valence-corrected chi connectivity index (χ1v) is 14.3. The Morgan fingerprint density at radius 1 is 1.10 bits per heavy atom. The van der Waals surface area contributed by atoms with Gasteiger partial charge in [-0.05, 0) is 17.7 Å². The summed E-state index contributed by atoms with van der Waals surface area (Å²) in [7, 11) is 0. The fraction of sp³-hybridized carbons (Fsp3) is 0.500. The van der Waals surface area contributed by atoms with Gasteiger partial charge in [0.05, 0.1) is 25.6 Å². The van der Waals surface area contributed by atoms with E-state index in [9.17, 15) is 19.8 Å². The fourth-order valence-electron chi connectivity index (χ4n) is 4.66. The van der Waals surface area contributed by atoms with Crippen LogP contribution in [0.3, 0.4) is 0 Å². The summed E-state index contributed by atoms with van der Waals surface area (Å²) in [6, 6.07) is 7.43. The Labute approximate surface area is 235 Å². The Balaban J connectivity index is 1.20. The lowest BCUT2D eigenvalue weighted by molar-refractivity contribution is -0.118. The molecule has 214 valence electrons. The number of anilines is 1. The molecule has 0 spiro atoms. The second-order valence-electron chi connectivity index (χ2n) is 9.61. The molecule has 0 unspecified atom stereocenters. The number of thioether (sulfide) groups is 1. The molecule has 2 amide bonds. The molecule has 2 saturated heterocycles. The van der Waals surface area contributed by atoms with E-state index in [1.54, 1.807) is 9.47 Å². The molecule has 2 aliphatic heterocycles. The van der Waals surface area contributed by atoms with Crippen LogP contribution in [-0.4, -0.2) is 109 Å². The van der Waals surface area contributed by atoms with Crippen LogP contribution in [0.15, 0.2) is 36.9 Å². The van der Waals surface area contributed by atoms with E-state index >= 15 is 0 Å². The van der Waals surface area contributed by atoms with Gasteiger partial charge in [0.2, 0.25) is 5.91 Å². The average Bonchev–Trinajstić information content (AvgIpc) is 3.53. The van der Waals surface area contributed by atoms with Gasteiger partial charge < -0.3 is 35.2 Å². The van der Waals surface area contributed by atoms with Gasteiger partial charge in [-0.3, -0.25) is 14.2 Å². The summed E-state index contributed by atoms with van der Waals surface area (Å²) in [5, 5.41) is 27.3. The zero-order valence-corrected chi connectivity index (χ0v) is 22.9. The van der Waals surface area contributed by atoms with Gasteiger partial charge in [-0.2, -0.15) is 11.8 Å². The third-order valence-electron chi connectivity index (χ3n) is 6.83. The second kappa shape index (κ2) is 12.9. The van der Waals surface area contributed by atoms with Crippen LogP contribution in [0, 0.1) is 0 Å². The van der Waals surface area contributed by atoms with Gasteiger partial charge >= 0.3 is 0 Å². The molecule has 4 atom stereocenters. The quantitative estimate of drug-likeness (QED) is 0.249. The Hall–Kier alpha value is -3.30. The van der Waals surface area contributed by atoms with Crippen LogP contribution in [0.25, 0.3) is 11.2 Å². The summed E-state index contributed by atoms with van der Waals surface area (Å²) in [4.78, 5) is 38.6. The number of carbonyl (C=O) groups is 2. The Kier molecular flexibility index (Phi) is 9.11. The Morgan fingerprint density at radius 3 is 2.62 bits per heavy atom. The number of carbonyl (C=O) groups excluding carboxylic acids is 2. The highest BCUT2D eigenvalue weighted by molar-refractivity contribution is 7.99. The number of fused-ring (bicyclic) bond motifs is 1. The van der Waals surface area contributed by atoms with E-state index in [1.807, 2.05) is 24.3 Å². The molecule has 40 heavy (non-hydrogen) atoms. The van der Waals surface area contributed by atoms with Crippen molar-refractivity contribution >= 4 is 40.6 Å². The fourth-order valence-corrected chi connectivity index (χ4v) is 5.58.